The molecule has 0 amide bonds. The lowest BCUT2D eigenvalue weighted by Gasteiger charge is -2.41. The fourth-order valence-electron chi connectivity index (χ4n) is 6.90. The average Bonchev–Trinajstić information content (AvgIpc) is 3.52. The number of halogens is 1. The van der Waals surface area contributed by atoms with Crippen LogP contribution in [-0.4, -0.2) is 73.2 Å². The van der Waals surface area contributed by atoms with Crippen molar-refractivity contribution >= 4 is 39.5 Å². The van der Waals surface area contributed by atoms with Gasteiger partial charge in [0.25, 0.3) is 0 Å². The lowest BCUT2D eigenvalue weighted by atomic mass is 9.89. The summed E-state index contributed by atoms with van der Waals surface area (Å²) in [6, 6.07) is 12.7. The van der Waals surface area contributed by atoms with E-state index in [4.69, 9.17) is 10.7 Å². The minimum atomic E-state index is -0.271. The van der Waals surface area contributed by atoms with E-state index in [1.807, 2.05) is 32.2 Å². The summed E-state index contributed by atoms with van der Waals surface area (Å²) in [5.74, 6) is 0.815. The van der Waals surface area contributed by atoms with Gasteiger partial charge in [0.15, 0.2) is 0 Å². The number of hydrogen-bond acceptors (Lipinski definition) is 7. The fraction of sp³-hybridized carbons (Fsp3) is 0.406. The number of aryl methyl sites for hydroxylation is 2. The molecule has 4 heterocycles. The highest BCUT2D eigenvalue weighted by atomic mass is 19.1. The Morgan fingerprint density at radius 2 is 1.64 bits per heavy atom. The standard InChI is InChI=1S/C32H38FN9/c1-20-16-26(33)29-27(17-20)38-32(40(29)3)37-22-6-4-21(5-7-22)25-18-42(31-28(25)30(34)35-19-36-31)24-10-8-23(9-11-24)41-14-12-39(2)13-15-41/h4-7,16-19,23-24H,8-15H2,1-3H3,(H,37,38)(H2,34,35,36). The van der Waals surface area contributed by atoms with Gasteiger partial charge >= 0.3 is 0 Å². The molecule has 3 N–H and O–H groups in total. The number of nitrogens with two attached hydrogens (primary N) is 1. The number of nitrogens with one attached hydrogen (secondary N) is 1. The van der Waals surface area contributed by atoms with Crippen LogP contribution in [0, 0.1) is 12.7 Å². The summed E-state index contributed by atoms with van der Waals surface area (Å²) in [6.07, 6.45) is 8.46. The molecule has 3 aromatic heterocycles. The Labute approximate surface area is 245 Å². The number of rotatable bonds is 5. The molecule has 0 unspecified atom stereocenters. The van der Waals surface area contributed by atoms with Crippen LogP contribution in [-0.2, 0) is 7.05 Å². The van der Waals surface area contributed by atoms with Gasteiger partial charge < -0.3 is 25.1 Å². The van der Waals surface area contributed by atoms with E-state index in [1.54, 1.807) is 10.9 Å². The lowest BCUT2D eigenvalue weighted by Crippen LogP contribution is -2.49. The van der Waals surface area contributed by atoms with Gasteiger partial charge in [-0.25, -0.2) is 19.3 Å². The van der Waals surface area contributed by atoms with Crippen molar-refractivity contribution < 1.29 is 4.39 Å². The van der Waals surface area contributed by atoms with Gasteiger partial charge in [-0.3, -0.25) is 4.90 Å². The summed E-state index contributed by atoms with van der Waals surface area (Å²) in [5.41, 5.74) is 12.3. The van der Waals surface area contributed by atoms with E-state index in [0.717, 1.165) is 59.3 Å². The van der Waals surface area contributed by atoms with Crippen LogP contribution < -0.4 is 11.1 Å². The summed E-state index contributed by atoms with van der Waals surface area (Å²) >= 11 is 0. The van der Waals surface area contributed by atoms with Crippen LogP contribution in [0.2, 0.25) is 0 Å². The molecule has 42 heavy (non-hydrogen) atoms. The molecule has 10 heteroatoms. The predicted molar refractivity (Wildman–Crippen MR) is 166 cm³/mol. The number of nitrogen functional groups attached to an aromatic ring is 1. The van der Waals surface area contributed by atoms with Gasteiger partial charge in [0, 0.05) is 62.8 Å². The van der Waals surface area contributed by atoms with Crippen LogP contribution in [0.25, 0.3) is 33.2 Å². The third-order valence-corrected chi connectivity index (χ3v) is 9.27. The monoisotopic (exact) mass is 567 g/mol. The highest BCUT2D eigenvalue weighted by Crippen LogP contribution is 2.39. The van der Waals surface area contributed by atoms with Crippen LogP contribution in [0.15, 0.2) is 48.9 Å². The second-order valence-electron chi connectivity index (χ2n) is 12.0. The zero-order valence-electron chi connectivity index (χ0n) is 24.5. The molecule has 2 aromatic carbocycles. The number of hydrogen-bond donors (Lipinski definition) is 2. The normalized spacial score (nSPS) is 20.5. The van der Waals surface area contributed by atoms with Gasteiger partial charge in [0.2, 0.25) is 5.95 Å². The molecule has 218 valence electrons. The molecule has 5 aromatic rings. The van der Waals surface area contributed by atoms with Crippen molar-refractivity contribution in [2.75, 3.05) is 44.3 Å². The number of imidazole rings is 1. The molecule has 0 radical (unpaired) electrons. The third-order valence-electron chi connectivity index (χ3n) is 9.27. The van der Waals surface area contributed by atoms with Gasteiger partial charge in [-0.05, 0) is 75.0 Å². The fourth-order valence-corrected chi connectivity index (χ4v) is 6.90. The molecular weight excluding hydrogens is 529 g/mol. The first-order chi connectivity index (χ1) is 20.4. The average molecular weight is 568 g/mol. The van der Waals surface area contributed by atoms with Crippen LogP contribution in [0.1, 0.15) is 37.3 Å². The van der Waals surface area contributed by atoms with E-state index < -0.39 is 0 Å². The number of anilines is 3. The van der Waals surface area contributed by atoms with Gasteiger partial charge in [0.1, 0.15) is 29.1 Å². The van der Waals surface area contributed by atoms with Gasteiger partial charge in [-0.2, -0.15) is 0 Å². The second kappa shape index (κ2) is 10.7. The molecule has 0 bridgehead atoms. The Hall–Kier alpha value is -4.02. The minimum Gasteiger partial charge on any atom is -0.383 e. The summed E-state index contributed by atoms with van der Waals surface area (Å²) < 4.78 is 18.7. The summed E-state index contributed by atoms with van der Waals surface area (Å²) in [7, 11) is 4.03. The summed E-state index contributed by atoms with van der Waals surface area (Å²) in [5, 5.41) is 4.25. The van der Waals surface area contributed by atoms with E-state index >= 15 is 0 Å². The van der Waals surface area contributed by atoms with Crippen LogP contribution in [0.5, 0.6) is 0 Å². The molecule has 1 aliphatic carbocycles. The maximum absolute atomic E-state index is 14.6. The Balaban J connectivity index is 1.13. The van der Waals surface area contributed by atoms with E-state index in [2.05, 4.69) is 55.0 Å². The number of aromatic nitrogens is 5. The number of benzene rings is 2. The first-order valence-corrected chi connectivity index (χ1v) is 14.9. The Morgan fingerprint density at radius 3 is 2.38 bits per heavy atom. The Morgan fingerprint density at radius 1 is 0.929 bits per heavy atom. The molecule has 2 fully saturated rings. The first-order valence-electron chi connectivity index (χ1n) is 14.9. The van der Waals surface area contributed by atoms with Crippen LogP contribution in [0.4, 0.5) is 21.8 Å². The molecule has 0 spiro atoms. The topological polar surface area (TPSA) is 93.1 Å². The molecule has 0 atom stereocenters. The number of fused-ring (bicyclic) bond motifs is 2. The lowest BCUT2D eigenvalue weighted by molar-refractivity contribution is 0.0828. The number of nitrogens with zero attached hydrogens (tertiary/aromatic N) is 7. The van der Waals surface area contributed by atoms with Crippen LogP contribution in [0.3, 0.4) is 0 Å². The van der Waals surface area contributed by atoms with E-state index in [0.29, 0.717) is 34.9 Å². The van der Waals surface area contributed by atoms with Crippen molar-refractivity contribution in [3.05, 3.63) is 60.3 Å². The molecule has 1 saturated heterocycles. The highest BCUT2D eigenvalue weighted by molar-refractivity contribution is 6.00. The predicted octanol–water partition coefficient (Wildman–Crippen LogP) is 5.49. The molecule has 2 aliphatic rings. The second-order valence-corrected chi connectivity index (χ2v) is 12.0. The Kier molecular flexibility index (Phi) is 6.82. The molecule has 7 rings (SSSR count). The maximum atomic E-state index is 14.6. The molecular formula is C32H38FN9. The minimum absolute atomic E-state index is 0.271. The van der Waals surface area contributed by atoms with Crippen LogP contribution >= 0.6 is 0 Å². The van der Waals surface area contributed by atoms with Crippen molar-refractivity contribution in [3.8, 4) is 11.1 Å². The molecule has 1 aliphatic heterocycles. The van der Waals surface area contributed by atoms with E-state index in [1.165, 1.54) is 32.0 Å². The molecule has 9 nitrogen and oxygen atoms in total. The number of likely N-dealkylation sites (N-methyl/N-ethyl adjacent to an activating group) is 1. The van der Waals surface area contributed by atoms with E-state index in [9.17, 15) is 4.39 Å². The molecule has 1 saturated carbocycles. The van der Waals surface area contributed by atoms with Gasteiger partial charge in [0.05, 0.1) is 10.9 Å². The smallest absolute Gasteiger partial charge is 0.208 e. The van der Waals surface area contributed by atoms with Crippen molar-refractivity contribution in [1.29, 1.82) is 0 Å². The summed E-state index contributed by atoms with van der Waals surface area (Å²) in [4.78, 5) is 18.8. The number of piperazine rings is 1. The van der Waals surface area contributed by atoms with Crippen molar-refractivity contribution in [1.82, 2.24) is 33.9 Å². The Bertz CT molecular complexity index is 1740. The van der Waals surface area contributed by atoms with Crippen molar-refractivity contribution in [2.24, 2.45) is 7.05 Å². The SMILES string of the molecule is Cc1cc(F)c2c(c1)nc(Nc1ccc(-c3cn(C4CCC(N5CCN(C)CC5)CC4)c4ncnc(N)c34)cc1)n2C. The summed E-state index contributed by atoms with van der Waals surface area (Å²) in [6.45, 7) is 6.53. The van der Waals surface area contributed by atoms with Crippen molar-refractivity contribution in [3.63, 3.8) is 0 Å². The maximum Gasteiger partial charge on any atom is 0.208 e. The quantitative estimate of drug-likeness (QED) is 0.290. The zero-order chi connectivity index (χ0) is 29.0. The highest BCUT2D eigenvalue weighted by Gasteiger charge is 2.30. The third kappa shape index (κ3) is 4.78. The van der Waals surface area contributed by atoms with Crippen molar-refractivity contribution in [2.45, 2.75) is 44.7 Å². The zero-order valence-corrected chi connectivity index (χ0v) is 24.5. The van der Waals surface area contributed by atoms with E-state index in [-0.39, 0.29) is 5.82 Å². The first kappa shape index (κ1) is 26.9. The van der Waals surface area contributed by atoms with Gasteiger partial charge in [-0.15, -0.1) is 0 Å². The largest absolute Gasteiger partial charge is 0.383 e. The van der Waals surface area contributed by atoms with Gasteiger partial charge in [-0.1, -0.05) is 12.1 Å².